The van der Waals surface area contributed by atoms with Gasteiger partial charge >= 0.3 is 0 Å². The molecule has 0 aromatic rings. The van der Waals surface area contributed by atoms with E-state index >= 15 is 0 Å². The van der Waals surface area contributed by atoms with Gasteiger partial charge in [-0.3, -0.25) is 4.79 Å². The van der Waals surface area contributed by atoms with Gasteiger partial charge in [-0.15, -0.1) is 11.6 Å². The minimum atomic E-state index is 0.0874. The summed E-state index contributed by atoms with van der Waals surface area (Å²) in [6.45, 7) is 2.08. The van der Waals surface area contributed by atoms with Crippen molar-refractivity contribution in [1.82, 2.24) is 5.32 Å². The molecule has 1 saturated carbocycles. The van der Waals surface area contributed by atoms with E-state index < -0.39 is 0 Å². The van der Waals surface area contributed by atoms with E-state index in [0.29, 0.717) is 24.3 Å². The number of carbonyl (C=O) groups is 1. The highest BCUT2D eigenvalue weighted by Gasteiger charge is 2.24. The van der Waals surface area contributed by atoms with E-state index in [1.165, 1.54) is 19.3 Å². The van der Waals surface area contributed by atoms with E-state index in [-0.39, 0.29) is 5.91 Å². The summed E-state index contributed by atoms with van der Waals surface area (Å²) < 4.78 is 0. The molecule has 0 saturated heterocycles. The van der Waals surface area contributed by atoms with Crippen LogP contribution in [0.15, 0.2) is 0 Å². The molecule has 70 valence electrons. The van der Waals surface area contributed by atoms with Crippen LogP contribution in [0, 0.1) is 5.92 Å². The molecule has 1 atom stereocenters. The van der Waals surface area contributed by atoms with Crippen molar-refractivity contribution in [2.75, 3.05) is 5.88 Å². The summed E-state index contributed by atoms with van der Waals surface area (Å²) in [6, 6.07) is 0.342. The van der Waals surface area contributed by atoms with E-state index in [0.717, 1.165) is 0 Å². The summed E-state index contributed by atoms with van der Waals surface area (Å²) in [6.07, 6.45) is 4.30. The van der Waals surface area contributed by atoms with Crippen LogP contribution in [0.4, 0.5) is 0 Å². The number of amides is 1. The molecular weight excluding hydrogens is 174 g/mol. The quantitative estimate of drug-likeness (QED) is 0.673. The Hall–Kier alpha value is -0.240. The molecule has 1 fully saturated rings. The molecule has 0 aromatic heterocycles. The Bertz CT molecular complexity index is 157. The Kier molecular flexibility index (Phi) is 3.86. The first-order valence-electron chi connectivity index (χ1n) is 4.59. The molecule has 0 aromatic carbocycles. The summed E-state index contributed by atoms with van der Waals surface area (Å²) >= 11 is 5.45. The van der Waals surface area contributed by atoms with Crippen LogP contribution in [0.2, 0.25) is 0 Å². The number of hydrogen-bond acceptors (Lipinski definition) is 1. The monoisotopic (exact) mass is 189 g/mol. The fraction of sp³-hybridized carbons (Fsp3) is 0.889. The highest BCUT2D eigenvalue weighted by molar-refractivity contribution is 6.18. The van der Waals surface area contributed by atoms with Crippen LogP contribution in [-0.4, -0.2) is 17.8 Å². The highest BCUT2D eigenvalue weighted by Crippen LogP contribution is 2.29. The van der Waals surface area contributed by atoms with Crippen molar-refractivity contribution < 1.29 is 4.79 Å². The fourth-order valence-electron chi connectivity index (χ4n) is 1.47. The first-order valence-corrected chi connectivity index (χ1v) is 5.13. The maximum absolute atomic E-state index is 11.1. The summed E-state index contributed by atoms with van der Waals surface area (Å²) in [7, 11) is 0. The van der Waals surface area contributed by atoms with Crippen LogP contribution < -0.4 is 5.32 Å². The minimum Gasteiger partial charge on any atom is -0.353 e. The minimum absolute atomic E-state index is 0.0874. The zero-order chi connectivity index (χ0) is 8.97. The van der Waals surface area contributed by atoms with Crippen molar-refractivity contribution in [3.63, 3.8) is 0 Å². The average Bonchev–Trinajstić information content (AvgIpc) is 1.82. The number of alkyl halides is 1. The molecule has 1 amide bonds. The Morgan fingerprint density at radius 1 is 1.67 bits per heavy atom. The molecule has 0 aliphatic heterocycles. The standard InChI is InChI=1S/C9H16ClNO/c1-7(8-3-2-4-8)11-9(12)5-6-10/h7-8H,2-6H2,1H3,(H,11,12). The van der Waals surface area contributed by atoms with Gasteiger partial charge in [0.1, 0.15) is 0 Å². The van der Waals surface area contributed by atoms with Gasteiger partial charge in [0.25, 0.3) is 0 Å². The van der Waals surface area contributed by atoms with Gasteiger partial charge in [-0.25, -0.2) is 0 Å². The summed E-state index contributed by atoms with van der Waals surface area (Å²) in [4.78, 5) is 11.1. The van der Waals surface area contributed by atoms with Crippen LogP contribution in [0.25, 0.3) is 0 Å². The lowest BCUT2D eigenvalue weighted by Crippen LogP contribution is -2.40. The number of nitrogens with one attached hydrogen (secondary N) is 1. The highest BCUT2D eigenvalue weighted by atomic mass is 35.5. The average molecular weight is 190 g/mol. The molecule has 0 heterocycles. The topological polar surface area (TPSA) is 29.1 Å². The van der Waals surface area contributed by atoms with Gasteiger partial charge in [0.05, 0.1) is 0 Å². The van der Waals surface area contributed by atoms with Crippen molar-refractivity contribution in [2.24, 2.45) is 5.92 Å². The lowest BCUT2D eigenvalue weighted by molar-refractivity contribution is -0.121. The zero-order valence-corrected chi connectivity index (χ0v) is 8.23. The first kappa shape index (κ1) is 9.85. The van der Waals surface area contributed by atoms with E-state index in [4.69, 9.17) is 11.6 Å². The van der Waals surface area contributed by atoms with E-state index in [1.54, 1.807) is 0 Å². The first-order chi connectivity index (χ1) is 5.74. The van der Waals surface area contributed by atoms with Crippen LogP contribution in [-0.2, 0) is 4.79 Å². The predicted molar refractivity (Wildman–Crippen MR) is 50.3 cm³/mol. The van der Waals surface area contributed by atoms with Gasteiger partial charge in [0, 0.05) is 18.3 Å². The van der Waals surface area contributed by atoms with Gasteiger partial charge in [-0.05, 0) is 25.7 Å². The van der Waals surface area contributed by atoms with E-state index in [1.807, 2.05) is 0 Å². The number of halogens is 1. The fourth-order valence-corrected chi connectivity index (χ4v) is 1.64. The van der Waals surface area contributed by atoms with Crippen molar-refractivity contribution >= 4 is 17.5 Å². The van der Waals surface area contributed by atoms with Crippen molar-refractivity contribution in [3.05, 3.63) is 0 Å². The summed E-state index contributed by atoms with van der Waals surface area (Å²) in [5.74, 6) is 1.22. The Labute approximate surface area is 78.7 Å². The maximum Gasteiger partial charge on any atom is 0.221 e. The third-order valence-corrected chi connectivity index (χ3v) is 2.76. The van der Waals surface area contributed by atoms with Crippen molar-refractivity contribution in [1.29, 1.82) is 0 Å². The normalized spacial score (nSPS) is 19.8. The molecule has 12 heavy (non-hydrogen) atoms. The summed E-state index contributed by atoms with van der Waals surface area (Å²) in [5, 5.41) is 2.96. The molecule has 1 unspecified atom stereocenters. The van der Waals surface area contributed by atoms with Crippen molar-refractivity contribution in [2.45, 2.75) is 38.6 Å². The smallest absolute Gasteiger partial charge is 0.221 e. The van der Waals surface area contributed by atoms with E-state index in [9.17, 15) is 4.79 Å². The predicted octanol–water partition coefficient (Wildman–Crippen LogP) is 1.92. The maximum atomic E-state index is 11.1. The lowest BCUT2D eigenvalue weighted by atomic mass is 9.80. The molecule has 1 aliphatic rings. The molecular formula is C9H16ClNO. The second-order valence-electron chi connectivity index (χ2n) is 3.49. The SMILES string of the molecule is CC(NC(=O)CCCl)C1CCC1. The molecule has 1 aliphatic carbocycles. The number of rotatable bonds is 4. The molecule has 3 heteroatoms. The lowest BCUT2D eigenvalue weighted by Gasteiger charge is -2.31. The van der Waals surface area contributed by atoms with Crippen LogP contribution in [0.1, 0.15) is 32.6 Å². The van der Waals surface area contributed by atoms with Gasteiger partial charge in [0.2, 0.25) is 5.91 Å². The third kappa shape index (κ3) is 2.67. The van der Waals surface area contributed by atoms with E-state index in [2.05, 4.69) is 12.2 Å². The molecule has 1 rings (SSSR count). The second-order valence-corrected chi connectivity index (χ2v) is 3.86. The van der Waals surface area contributed by atoms with Gasteiger partial charge in [-0.2, -0.15) is 0 Å². The Balaban J connectivity index is 2.15. The summed E-state index contributed by atoms with van der Waals surface area (Å²) in [5.41, 5.74) is 0. The van der Waals surface area contributed by atoms with Crippen LogP contribution in [0.5, 0.6) is 0 Å². The third-order valence-electron chi connectivity index (χ3n) is 2.57. The Morgan fingerprint density at radius 3 is 2.75 bits per heavy atom. The van der Waals surface area contributed by atoms with Gasteiger partial charge < -0.3 is 5.32 Å². The second kappa shape index (κ2) is 4.70. The molecule has 0 spiro atoms. The van der Waals surface area contributed by atoms with Crippen LogP contribution in [0.3, 0.4) is 0 Å². The molecule has 2 nitrogen and oxygen atoms in total. The van der Waals surface area contributed by atoms with Gasteiger partial charge in [0.15, 0.2) is 0 Å². The molecule has 0 radical (unpaired) electrons. The number of carbonyl (C=O) groups excluding carboxylic acids is 1. The number of hydrogen-bond donors (Lipinski definition) is 1. The molecule has 1 N–H and O–H groups in total. The molecule has 0 bridgehead atoms. The Morgan fingerprint density at radius 2 is 2.33 bits per heavy atom. The van der Waals surface area contributed by atoms with Gasteiger partial charge in [-0.1, -0.05) is 6.42 Å². The largest absolute Gasteiger partial charge is 0.353 e. The van der Waals surface area contributed by atoms with Crippen LogP contribution >= 0.6 is 11.6 Å². The van der Waals surface area contributed by atoms with Crippen molar-refractivity contribution in [3.8, 4) is 0 Å². The zero-order valence-electron chi connectivity index (χ0n) is 7.48.